The first-order valence-electron chi connectivity index (χ1n) is 5.42. The van der Waals surface area contributed by atoms with E-state index in [0.717, 1.165) is 14.7 Å². The standard InChI is InChI=1S/C12H8BrN3O2S/c1-6-4-9(18-16-6)11(17)15-12-14-8-3-2-7(13)5-10(8)19-12/h2-5H,1H3,(H,14,15,17). The van der Waals surface area contributed by atoms with Gasteiger partial charge in [0, 0.05) is 10.5 Å². The van der Waals surface area contributed by atoms with Gasteiger partial charge in [-0.2, -0.15) is 0 Å². The Morgan fingerprint density at radius 1 is 1.42 bits per heavy atom. The second-order valence-electron chi connectivity index (χ2n) is 3.92. The summed E-state index contributed by atoms with van der Waals surface area (Å²) in [7, 11) is 0. The summed E-state index contributed by atoms with van der Waals surface area (Å²) in [6.45, 7) is 1.76. The van der Waals surface area contributed by atoms with Crippen molar-refractivity contribution in [2.24, 2.45) is 0 Å². The van der Waals surface area contributed by atoms with Crippen LogP contribution in [0, 0.1) is 6.92 Å². The molecule has 0 fully saturated rings. The number of hydrogen-bond donors (Lipinski definition) is 1. The van der Waals surface area contributed by atoms with Crippen molar-refractivity contribution in [2.45, 2.75) is 6.92 Å². The lowest BCUT2D eigenvalue weighted by molar-refractivity contribution is 0.0988. The van der Waals surface area contributed by atoms with E-state index in [1.807, 2.05) is 18.2 Å². The highest BCUT2D eigenvalue weighted by atomic mass is 79.9. The summed E-state index contributed by atoms with van der Waals surface area (Å²) >= 11 is 4.81. The SMILES string of the molecule is Cc1cc(C(=O)Nc2nc3ccc(Br)cc3s2)on1. The Bertz CT molecular complexity index is 765. The highest BCUT2D eigenvalue weighted by Crippen LogP contribution is 2.28. The summed E-state index contributed by atoms with van der Waals surface area (Å²) in [6.07, 6.45) is 0. The first-order valence-corrected chi connectivity index (χ1v) is 7.03. The van der Waals surface area contributed by atoms with Crippen LogP contribution in [0.1, 0.15) is 16.2 Å². The number of fused-ring (bicyclic) bond motifs is 1. The van der Waals surface area contributed by atoms with Crippen molar-refractivity contribution in [3.8, 4) is 0 Å². The van der Waals surface area contributed by atoms with Crippen LogP contribution in [0.25, 0.3) is 10.2 Å². The van der Waals surface area contributed by atoms with E-state index in [4.69, 9.17) is 4.52 Å². The summed E-state index contributed by atoms with van der Waals surface area (Å²) in [5, 5.41) is 6.91. The molecule has 96 valence electrons. The predicted octanol–water partition coefficient (Wildman–Crippen LogP) is 3.61. The molecule has 0 radical (unpaired) electrons. The highest BCUT2D eigenvalue weighted by molar-refractivity contribution is 9.10. The Balaban J connectivity index is 1.87. The third kappa shape index (κ3) is 2.52. The molecular formula is C12H8BrN3O2S. The van der Waals surface area contributed by atoms with Gasteiger partial charge in [-0.15, -0.1) is 0 Å². The molecule has 19 heavy (non-hydrogen) atoms. The Morgan fingerprint density at radius 3 is 3.00 bits per heavy atom. The molecule has 0 bridgehead atoms. The lowest BCUT2D eigenvalue weighted by atomic mass is 10.3. The van der Waals surface area contributed by atoms with Crippen molar-refractivity contribution in [2.75, 3.05) is 5.32 Å². The second-order valence-corrected chi connectivity index (χ2v) is 5.86. The van der Waals surface area contributed by atoms with Crippen LogP contribution in [-0.2, 0) is 0 Å². The lowest BCUT2D eigenvalue weighted by Crippen LogP contribution is -2.10. The maximum absolute atomic E-state index is 11.9. The van der Waals surface area contributed by atoms with Crippen molar-refractivity contribution in [1.29, 1.82) is 0 Å². The van der Waals surface area contributed by atoms with Gasteiger partial charge in [-0.25, -0.2) is 4.98 Å². The first kappa shape index (κ1) is 12.3. The molecule has 2 aromatic heterocycles. The molecule has 3 aromatic rings. The summed E-state index contributed by atoms with van der Waals surface area (Å²) in [5.41, 5.74) is 1.51. The fraction of sp³-hybridized carbons (Fsp3) is 0.0833. The fourth-order valence-corrected chi connectivity index (χ4v) is 2.99. The van der Waals surface area contributed by atoms with Gasteiger partial charge in [0.1, 0.15) is 0 Å². The molecule has 0 aliphatic heterocycles. The number of aryl methyl sites for hydroxylation is 1. The molecule has 0 aliphatic carbocycles. The summed E-state index contributed by atoms with van der Waals surface area (Å²) < 4.78 is 6.88. The molecule has 1 amide bonds. The highest BCUT2D eigenvalue weighted by Gasteiger charge is 2.14. The van der Waals surface area contributed by atoms with Crippen LogP contribution < -0.4 is 5.32 Å². The number of hydrogen-bond acceptors (Lipinski definition) is 5. The zero-order valence-electron chi connectivity index (χ0n) is 9.81. The monoisotopic (exact) mass is 337 g/mol. The van der Waals surface area contributed by atoms with Gasteiger partial charge < -0.3 is 4.52 Å². The van der Waals surface area contributed by atoms with Crippen molar-refractivity contribution >= 4 is 48.5 Å². The molecule has 3 rings (SSSR count). The van der Waals surface area contributed by atoms with Crippen LogP contribution in [0.5, 0.6) is 0 Å². The van der Waals surface area contributed by atoms with Gasteiger partial charge in [0.05, 0.1) is 15.9 Å². The maximum atomic E-state index is 11.9. The Hall–Kier alpha value is -1.73. The molecule has 0 saturated heterocycles. The predicted molar refractivity (Wildman–Crippen MR) is 76.5 cm³/mol. The number of benzene rings is 1. The Morgan fingerprint density at radius 2 is 2.26 bits per heavy atom. The summed E-state index contributed by atoms with van der Waals surface area (Å²) in [6, 6.07) is 7.35. The smallest absolute Gasteiger partial charge is 0.296 e. The molecule has 1 aromatic carbocycles. The first-order chi connectivity index (χ1) is 9.11. The molecular weight excluding hydrogens is 330 g/mol. The van der Waals surface area contributed by atoms with Crippen LogP contribution in [-0.4, -0.2) is 16.0 Å². The van der Waals surface area contributed by atoms with E-state index in [2.05, 4.69) is 31.4 Å². The van der Waals surface area contributed by atoms with Gasteiger partial charge >= 0.3 is 0 Å². The van der Waals surface area contributed by atoms with E-state index in [0.29, 0.717) is 10.8 Å². The molecule has 7 heteroatoms. The fourth-order valence-electron chi connectivity index (χ4n) is 1.58. The maximum Gasteiger partial charge on any atom is 0.296 e. The van der Waals surface area contributed by atoms with Gasteiger partial charge in [-0.1, -0.05) is 32.4 Å². The Kier molecular flexibility index (Phi) is 3.08. The Labute approximate surface area is 120 Å². The van der Waals surface area contributed by atoms with Crippen LogP contribution in [0.3, 0.4) is 0 Å². The van der Waals surface area contributed by atoms with Crippen molar-refractivity contribution in [1.82, 2.24) is 10.1 Å². The van der Waals surface area contributed by atoms with Crippen LogP contribution in [0.2, 0.25) is 0 Å². The van der Waals surface area contributed by atoms with Crippen molar-refractivity contribution in [3.05, 3.63) is 40.2 Å². The number of nitrogens with one attached hydrogen (secondary N) is 1. The topological polar surface area (TPSA) is 68.0 Å². The van der Waals surface area contributed by atoms with E-state index in [1.54, 1.807) is 13.0 Å². The van der Waals surface area contributed by atoms with E-state index < -0.39 is 0 Å². The quantitative estimate of drug-likeness (QED) is 0.775. The number of thiazole rings is 1. The minimum Gasteiger partial charge on any atom is -0.351 e. The molecule has 0 aliphatic rings. The number of carbonyl (C=O) groups excluding carboxylic acids is 1. The van der Waals surface area contributed by atoms with E-state index in [-0.39, 0.29) is 11.7 Å². The van der Waals surface area contributed by atoms with Gasteiger partial charge in [0.25, 0.3) is 5.91 Å². The third-order valence-electron chi connectivity index (χ3n) is 2.42. The molecule has 0 unspecified atom stereocenters. The number of aromatic nitrogens is 2. The van der Waals surface area contributed by atoms with Gasteiger partial charge in [0.15, 0.2) is 5.13 Å². The summed E-state index contributed by atoms with van der Waals surface area (Å²) in [5.74, 6) is -0.170. The zero-order valence-corrected chi connectivity index (χ0v) is 12.2. The van der Waals surface area contributed by atoms with Crippen LogP contribution in [0.15, 0.2) is 33.3 Å². The number of rotatable bonds is 2. The normalized spacial score (nSPS) is 10.8. The van der Waals surface area contributed by atoms with Crippen molar-refractivity contribution in [3.63, 3.8) is 0 Å². The second kappa shape index (κ2) is 4.75. The number of anilines is 1. The average molecular weight is 338 g/mol. The largest absolute Gasteiger partial charge is 0.351 e. The molecule has 2 heterocycles. The summed E-state index contributed by atoms with van der Waals surface area (Å²) in [4.78, 5) is 16.2. The molecule has 0 atom stereocenters. The molecule has 5 nitrogen and oxygen atoms in total. The lowest BCUT2D eigenvalue weighted by Gasteiger charge is -1.95. The van der Waals surface area contributed by atoms with Crippen molar-refractivity contribution < 1.29 is 9.32 Å². The van der Waals surface area contributed by atoms with Gasteiger partial charge in [-0.3, -0.25) is 10.1 Å². The third-order valence-corrected chi connectivity index (χ3v) is 3.85. The average Bonchev–Trinajstić information content (AvgIpc) is 2.94. The van der Waals surface area contributed by atoms with E-state index in [9.17, 15) is 4.79 Å². The van der Waals surface area contributed by atoms with Crippen LogP contribution in [0.4, 0.5) is 5.13 Å². The minimum absolute atomic E-state index is 0.179. The van der Waals surface area contributed by atoms with Gasteiger partial charge in [-0.05, 0) is 25.1 Å². The number of amides is 1. The molecule has 1 N–H and O–H groups in total. The number of nitrogens with zero attached hydrogens (tertiary/aromatic N) is 2. The van der Waals surface area contributed by atoms with E-state index >= 15 is 0 Å². The van der Waals surface area contributed by atoms with E-state index in [1.165, 1.54) is 11.3 Å². The minimum atomic E-state index is -0.348. The van der Waals surface area contributed by atoms with Crippen LogP contribution >= 0.6 is 27.3 Å². The number of halogens is 1. The van der Waals surface area contributed by atoms with Gasteiger partial charge in [0.2, 0.25) is 5.76 Å². The zero-order chi connectivity index (χ0) is 13.4. The molecule has 0 spiro atoms. The molecule has 0 saturated carbocycles. The number of carbonyl (C=O) groups is 1.